The molecule has 2 rings (SSSR count). The van der Waals surface area contributed by atoms with E-state index in [1.54, 1.807) is 24.3 Å². The van der Waals surface area contributed by atoms with Gasteiger partial charge in [0, 0.05) is 13.3 Å². The van der Waals surface area contributed by atoms with Crippen molar-refractivity contribution in [2.45, 2.75) is 36.7 Å². The van der Waals surface area contributed by atoms with Crippen LogP contribution >= 0.6 is 0 Å². The Morgan fingerprint density at radius 1 is 0.968 bits per heavy atom. The van der Waals surface area contributed by atoms with E-state index in [0.717, 1.165) is 0 Å². The average molecular weight is 450 g/mol. The van der Waals surface area contributed by atoms with Crippen molar-refractivity contribution in [1.82, 2.24) is 10.6 Å². The van der Waals surface area contributed by atoms with Crippen LogP contribution in [0.3, 0.4) is 0 Å². The zero-order valence-electron chi connectivity index (χ0n) is 16.9. The van der Waals surface area contributed by atoms with Crippen LogP contribution in [0, 0.1) is 5.82 Å². The molecule has 0 aliphatic carbocycles. The van der Waals surface area contributed by atoms with Gasteiger partial charge in [0.25, 0.3) is 0 Å². The van der Waals surface area contributed by atoms with Crippen molar-refractivity contribution in [3.63, 3.8) is 0 Å². The largest absolute Gasteiger partial charge is 0.368 e. The molecule has 0 bridgehead atoms. The van der Waals surface area contributed by atoms with Gasteiger partial charge in [-0.25, -0.2) is 12.8 Å². The smallest absolute Gasteiger partial charge is 0.243 e. The molecule has 0 spiro atoms. The third-order valence-corrected chi connectivity index (χ3v) is 6.28. The lowest BCUT2D eigenvalue weighted by atomic mass is 10.0. The van der Waals surface area contributed by atoms with Crippen molar-refractivity contribution in [1.29, 1.82) is 0 Å². The molecule has 0 unspecified atom stereocenters. The van der Waals surface area contributed by atoms with Crippen molar-refractivity contribution >= 4 is 27.6 Å². The molecule has 0 radical (unpaired) electrons. The van der Waals surface area contributed by atoms with Crippen LogP contribution in [0.5, 0.6) is 0 Å². The first-order valence-corrected chi connectivity index (χ1v) is 11.1. The lowest BCUT2D eigenvalue weighted by molar-refractivity contribution is -0.130. The number of hydrogen-bond donors (Lipinski definition) is 3. The highest BCUT2D eigenvalue weighted by atomic mass is 32.2. The van der Waals surface area contributed by atoms with E-state index in [1.807, 2.05) is 0 Å². The molecule has 2 aromatic carbocycles. The third kappa shape index (κ3) is 7.18. The van der Waals surface area contributed by atoms with Gasteiger partial charge in [-0.15, -0.1) is 0 Å². The molecule has 0 saturated carbocycles. The number of rotatable bonds is 10. The van der Waals surface area contributed by atoms with Gasteiger partial charge < -0.3 is 16.4 Å². The van der Waals surface area contributed by atoms with Gasteiger partial charge in [-0.05, 0) is 30.2 Å². The van der Waals surface area contributed by atoms with E-state index in [1.165, 1.54) is 37.3 Å². The Hall–Kier alpha value is -3.27. The first-order valence-electron chi connectivity index (χ1n) is 9.48. The van der Waals surface area contributed by atoms with Gasteiger partial charge in [0.05, 0.1) is 10.6 Å². The van der Waals surface area contributed by atoms with Crippen molar-refractivity contribution < 1.29 is 27.2 Å². The minimum atomic E-state index is -3.70. The van der Waals surface area contributed by atoms with Crippen LogP contribution in [0.1, 0.15) is 18.9 Å². The number of primary amides is 1. The van der Waals surface area contributed by atoms with Crippen molar-refractivity contribution in [3.8, 4) is 0 Å². The summed E-state index contributed by atoms with van der Waals surface area (Å²) in [6.45, 7) is 1.19. The molecule has 2 atom stereocenters. The molecule has 0 aliphatic heterocycles. The van der Waals surface area contributed by atoms with Crippen molar-refractivity contribution in [2.24, 2.45) is 5.73 Å². The Morgan fingerprint density at radius 2 is 1.58 bits per heavy atom. The highest BCUT2D eigenvalue weighted by Gasteiger charge is 2.27. The van der Waals surface area contributed by atoms with Crippen LogP contribution in [-0.2, 0) is 30.6 Å². The molecule has 3 amide bonds. The SMILES string of the molecule is CC(=O)N[C@H](Cc1ccccc1F)C(=O)N[C@H](CCS(=O)(=O)c1ccccc1)C(N)=O. The molecule has 31 heavy (non-hydrogen) atoms. The van der Waals surface area contributed by atoms with Gasteiger partial charge in [-0.2, -0.15) is 0 Å². The minimum Gasteiger partial charge on any atom is -0.368 e. The van der Waals surface area contributed by atoms with Crippen molar-refractivity contribution in [3.05, 3.63) is 66.0 Å². The maximum Gasteiger partial charge on any atom is 0.243 e. The second kappa shape index (κ2) is 10.7. The number of hydrogen-bond acceptors (Lipinski definition) is 5. The van der Waals surface area contributed by atoms with Crippen LogP contribution in [0.15, 0.2) is 59.5 Å². The summed E-state index contributed by atoms with van der Waals surface area (Å²) in [4.78, 5) is 36.1. The molecule has 10 heteroatoms. The van der Waals surface area contributed by atoms with Crippen molar-refractivity contribution in [2.75, 3.05) is 5.75 Å². The maximum absolute atomic E-state index is 14.0. The zero-order valence-corrected chi connectivity index (χ0v) is 17.7. The fourth-order valence-electron chi connectivity index (χ4n) is 2.92. The van der Waals surface area contributed by atoms with Crippen LogP contribution in [-0.4, -0.2) is 44.0 Å². The lowest BCUT2D eigenvalue weighted by Crippen LogP contribution is -2.53. The maximum atomic E-state index is 14.0. The average Bonchev–Trinajstić information content (AvgIpc) is 2.72. The molecule has 166 valence electrons. The molecule has 2 aromatic rings. The van der Waals surface area contributed by atoms with E-state index in [0.29, 0.717) is 0 Å². The zero-order chi connectivity index (χ0) is 23.0. The molecular weight excluding hydrogens is 425 g/mol. The minimum absolute atomic E-state index is 0.0835. The topological polar surface area (TPSA) is 135 Å². The van der Waals surface area contributed by atoms with E-state index < -0.39 is 51.2 Å². The van der Waals surface area contributed by atoms with E-state index in [-0.39, 0.29) is 23.3 Å². The van der Waals surface area contributed by atoms with Crippen LogP contribution in [0.4, 0.5) is 4.39 Å². The first kappa shape index (κ1) is 24.0. The van der Waals surface area contributed by atoms with Gasteiger partial charge in [0.15, 0.2) is 9.84 Å². The lowest BCUT2D eigenvalue weighted by Gasteiger charge is -2.22. The van der Waals surface area contributed by atoms with E-state index in [9.17, 15) is 27.2 Å². The van der Waals surface area contributed by atoms with E-state index in [2.05, 4.69) is 10.6 Å². The third-order valence-electron chi connectivity index (χ3n) is 4.51. The predicted octanol–water partition coefficient (Wildman–Crippen LogP) is 0.707. The number of sulfone groups is 1. The summed E-state index contributed by atoms with van der Waals surface area (Å²) >= 11 is 0. The summed E-state index contributed by atoms with van der Waals surface area (Å²) in [5.74, 6) is -3.21. The molecule has 0 aliphatic rings. The molecule has 0 heterocycles. The monoisotopic (exact) mass is 449 g/mol. The van der Waals surface area contributed by atoms with Crippen LogP contribution in [0.2, 0.25) is 0 Å². The molecular formula is C21H24FN3O5S. The fraction of sp³-hybridized carbons (Fsp3) is 0.286. The second-order valence-corrected chi connectivity index (χ2v) is 9.04. The standard InChI is InChI=1S/C21H24FN3O5S/c1-14(26)24-19(13-15-7-5-6-10-17(15)22)21(28)25-18(20(23)27)11-12-31(29,30)16-8-3-2-4-9-16/h2-10,18-19H,11-13H2,1H3,(H2,23,27)(H,24,26)(H,25,28)/t18-,19-/m1/s1. The molecule has 0 saturated heterocycles. The first-order chi connectivity index (χ1) is 14.6. The normalized spacial score (nSPS) is 13.1. The Kier molecular flexibility index (Phi) is 8.26. The van der Waals surface area contributed by atoms with Gasteiger partial charge >= 0.3 is 0 Å². The number of benzene rings is 2. The summed E-state index contributed by atoms with van der Waals surface area (Å²) < 4.78 is 38.8. The Morgan fingerprint density at radius 3 is 2.16 bits per heavy atom. The summed E-state index contributed by atoms with van der Waals surface area (Å²) in [6, 6.07) is 11.0. The quantitative estimate of drug-likeness (QED) is 0.491. The number of nitrogens with two attached hydrogens (primary N) is 1. The molecule has 4 N–H and O–H groups in total. The molecule has 8 nitrogen and oxygen atoms in total. The summed E-state index contributed by atoms with van der Waals surface area (Å²) in [5, 5.41) is 4.78. The summed E-state index contributed by atoms with van der Waals surface area (Å²) in [6.07, 6.45) is -0.420. The van der Waals surface area contributed by atoms with E-state index in [4.69, 9.17) is 5.73 Å². The number of nitrogens with one attached hydrogen (secondary N) is 2. The number of carbonyl (C=O) groups excluding carboxylic acids is 3. The van der Waals surface area contributed by atoms with Gasteiger partial charge in [0.1, 0.15) is 17.9 Å². The summed E-state index contributed by atoms with van der Waals surface area (Å²) in [7, 11) is -3.70. The summed E-state index contributed by atoms with van der Waals surface area (Å²) in [5.41, 5.74) is 5.53. The Balaban J connectivity index is 2.11. The highest BCUT2D eigenvalue weighted by molar-refractivity contribution is 7.91. The number of halogens is 1. The second-order valence-electron chi connectivity index (χ2n) is 6.93. The predicted molar refractivity (Wildman–Crippen MR) is 112 cm³/mol. The fourth-order valence-corrected chi connectivity index (χ4v) is 4.27. The van der Waals surface area contributed by atoms with Crippen LogP contribution in [0.25, 0.3) is 0 Å². The number of amides is 3. The van der Waals surface area contributed by atoms with E-state index >= 15 is 0 Å². The van der Waals surface area contributed by atoms with Gasteiger partial charge in [-0.1, -0.05) is 36.4 Å². The highest BCUT2D eigenvalue weighted by Crippen LogP contribution is 2.13. The van der Waals surface area contributed by atoms with Gasteiger partial charge in [-0.3, -0.25) is 14.4 Å². The molecule has 0 aromatic heterocycles. The Bertz CT molecular complexity index is 1040. The van der Waals surface area contributed by atoms with Gasteiger partial charge in [0.2, 0.25) is 17.7 Å². The van der Waals surface area contributed by atoms with Crippen LogP contribution < -0.4 is 16.4 Å². The number of carbonyl (C=O) groups is 3. The Labute approximate surface area is 179 Å². The molecule has 0 fully saturated rings.